The molecule has 20 heavy (non-hydrogen) atoms. The van der Waals surface area contributed by atoms with E-state index in [-0.39, 0.29) is 0 Å². The molecule has 0 atom stereocenters. The molecule has 0 radical (unpaired) electrons. The maximum Gasteiger partial charge on any atom is 0.123 e. The van der Waals surface area contributed by atoms with E-state index >= 15 is 0 Å². The normalized spacial score (nSPS) is 14.3. The van der Waals surface area contributed by atoms with Gasteiger partial charge in [-0.3, -0.25) is 0 Å². The lowest BCUT2D eigenvalue weighted by Gasteiger charge is -2.11. The van der Waals surface area contributed by atoms with Crippen LogP contribution in [0.15, 0.2) is 18.2 Å². The molecule has 1 aromatic rings. The van der Waals surface area contributed by atoms with Crippen LogP contribution >= 0.6 is 0 Å². The van der Waals surface area contributed by atoms with Gasteiger partial charge in [-0.1, -0.05) is 0 Å². The van der Waals surface area contributed by atoms with Crippen LogP contribution in [-0.2, 0) is 11.3 Å². The molecule has 112 valence electrons. The van der Waals surface area contributed by atoms with E-state index in [2.05, 4.69) is 5.32 Å². The average Bonchev–Trinajstić information content (AvgIpc) is 3.30. The molecule has 0 heterocycles. The van der Waals surface area contributed by atoms with Gasteiger partial charge in [0.05, 0.1) is 14.2 Å². The molecule has 0 aromatic heterocycles. The van der Waals surface area contributed by atoms with E-state index in [1.165, 1.54) is 12.8 Å². The highest BCUT2D eigenvalue weighted by molar-refractivity contribution is 5.40. The lowest BCUT2D eigenvalue weighted by Crippen LogP contribution is -2.17. The van der Waals surface area contributed by atoms with E-state index < -0.39 is 0 Å². The van der Waals surface area contributed by atoms with Crippen molar-refractivity contribution in [3.8, 4) is 11.5 Å². The highest BCUT2D eigenvalue weighted by Gasteiger charge is 2.20. The molecule has 0 bridgehead atoms. The van der Waals surface area contributed by atoms with Crippen LogP contribution in [0.4, 0.5) is 0 Å². The molecule has 0 aliphatic heterocycles. The molecule has 1 aliphatic rings. The fourth-order valence-corrected chi connectivity index (χ4v) is 2.08. The second-order valence-corrected chi connectivity index (χ2v) is 5.23. The van der Waals surface area contributed by atoms with Crippen LogP contribution < -0.4 is 14.8 Å². The van der Waals surface area contributed by atoms with Crippen molar-refractivity contribution < 1.29 is 14.2 Å². The van der Waals surface area contributed by atoms with Crippen molar-refractivity contribution in [1.82, 2.24) is 5.32 Å². The fourth-order valence-electron chi connectivity index (χ4n) is 2.08. The second kappa shape index (κ2) is 8.12. The number of benzene rings is 1. The zero-order chi connectivity index (χ0) is 14.2. The lowest BCUT2D eigenvalue weighted by atomic mass is 10.2. The summed E-state index contributed by atoms with van der Waals surface area (Å²) in [6.07, 6.45) is 3.75. The van der Waals surface area contributed by atoms with Crippen LogP contribution in [0.3, 0.4) is 0 Å². The van der Waals surface area contributed by atoms with Gasteiger partial charge in [-0.05, 0) is 49.9 Å². The molecule has 0 saturated heterocycles. The molecule has 1 aromatic carbocycles. The predicted octanol–water partition coefficient (Wildman–Crippen LogP) is 2.61. The first kappa shape index (κ1) is 15.1. The number of nitrogens with one attached hydrogen (secondary N) is 1. The van der Waals surface area contributed by atoms with Crippen molar-refractivity contribution in [2.24, 2.45) is 5.92 Å². The van der Waals surface area contributed by atoms with Crippen LogP contribution in [-0.4, -0.2) is 34.0 Å². The van der Waals surface area contributed by atoms with E-state index in [4.69, 9.17) is 14.2 Å². The van der Waals surface area contributed by atoms with Gasteiger partial charge in [0, 0.05) is 25.3 Å². The van der Waals surface area contributed by atoms with Gasteiger partial charge in [0.2, 0.25) is 0 Å². The SMILES string of the molecule is COc1ccc(OC)c(CNCCCOCC2CC2)c1. The van der Waals surface area contributed by atoms with Gasteiger partial charge in [-0.25, -0.2) is 0 Å². The van der Waals surface area contributed by atoms with Gasteiger partial charge < -0.3 is 19.5 Å². The van der Waals surface area contributed by atoms with Gasteiger partial charge >= 0.3 is 0 Å². The third-order valence-corrected chi connectivity index (χ3v) is 3.50. The Morgan fingerprint density at radius 3 is 2.75 bits per heavy atom. The minimum absolute atomic E-state index is 0.781. The van der Waals surface area contributed by atoms with Crippen molar-refractivity contribution in [2.45, 2.75) is 25.8 Å². The van der Waals surface area contributed by atoms with Gasteiger partial charge in [-0.2, -0.15) is 0 Å². The largest absolute Gasteiger partial charge is 0.497 e. The first-order valence-corrected chi connectivity index (χ1v) is 7.33. The summed E-state index contributed by atoms with van der Waals surface area (Å²) < 4.78 is 16.2. The third-order valence-electron chi connectivity index (χ3n) is 3.50. The number of hydrogen-bond acceptors (Lipinski definition) is 4. The molecule has 1 fully saturated rings. The van der Waals surface area contributed by atoms with Crippen molar-refractivity contribution in [1.29, 1.82) is 0 Å². The summed E-state index contributed by atoms with van der Waals surface area (Å²) in [5.74, 6) is 2.60. The molecular weight excluding hydrogens is 254 g/mol. The zero-order valence-electron chi connectivity index (χ0n) is 12.5. The second-order valence-electron chi connectivity index (χ2n) is 5.23. The summed E-state index contributed by atoms with van der Waals surface area (Å²) in [5, 5.41) is 3.42. The van der Waals surface area contributed by atoms with Gasteiger partial charge in [-0.15, -0.1) is 0 Å². The van der Waals surface area contributed by atoms with Crippen molar-refractivity contribution >= 4 is 0 Å². The molecule has 1 saturated carbocycles. The number of ether oxygens (including phenoxy) is 3. The highest BCUT2D eigenvalue weighted by atomic mass is 16.5. The van der Waals surface area contributed by atoms with E-state index in [0.717, 1.165) is 55.7 Å². The van der Waals surface area contributed by atoms with Gasteiger partial charge in [0.25, 0.3) is 0 Å². The maximum atomic E-state index is 5.61. The molecular formula is C16H25NO3. The Hall–Kier alpha value is -1.26. The van der Waals surface area contributed by atoms with E-state index in [1.807, 2.05) is 18.2 Å². The summed E-state index contributed by atoms with van der Waals surface area (Å²) in [5.41, 5.74) is 1.12. The maximum absolute atomic E-state index is 5.61. The smallest absolute Gasteiger partial charge is 0.123 e. The first-order valence-electron chi connectivity index (χ1n) is 7.33. The molecule has 1 N–H and O–H groups in total. The Kier molecular flexibility index (Phi) is 6.15. The summed E-state index contributed by atoms with van der Waals surface area (Å²) >= 11 is 0. The van der Waals surface area contributed by atoms with Crippen molar-refractivity contribution in [3.63, 3.8) is 0 Å². The topological polar surface area (TPSA) is 39.7 Å². The number of hydrogen-bond donors (Lipinski definition) is 1. The molecule has 0 amide bonds. The Morgan fingerprint density at radius 2 is 2.05 bits per heavy atom. The third kappa shape index (κ3) is 5.02. The molecule has 1 aliphatic carbocycles. The number of rotatable bonds is 10. The predicted molar refractivity (Wildman–Crippen MR) is 79.4 cm³/mol. The van der Waals surface area contributed by atoms with E-state index in [1.54, 1.807) is 14.2 Å². The summed E-state index contributed by atoms with van der Waals surface area (Å²) in [6, 6.07) is 5.86. The Morgan fingerprint density at radius 1 is 1.20 bits per heavy atom. The Balaban J connectivity index is 1.64. The minimum Gasteiger partial charge on any atom is -0.497 e. The van der Waals surface area contributed by atoms with Gasteiger partial charge in [0.15, 0.2) is 0 Å². The van der Waals surface area contributed by atoms with Crippen LogP contribution in [0.1, 0.15) is 24.8 Å². The average molecular weight is 279 g/mol. The summed E-state index contributed by atoms with van der Waals surface area (Å²) in [6.45, 7) is 3.52. The molecule has 4 heteroatoms. The van der Waals surface area contributed by atoms with Crippen LogP contribution in [0, 0.1) is 5.92 Å². The van der Waals surface area contributed by atoms with Crippen molar-refractivity contribution in [2.75, 3.05) is 34.0 Å². The lowest BCUT2D eigenvalue weighted by molar-refractivity contribution is 0.122. The van der Waals surface area contributed by atoms with Crippen molar-refractivity contribution in [3.05, 3.63) is 23.8 Å². The monoisotopic (exact) mass is 279 g/mol. The summed E-state index contributed by atoms with van der Waals surface area (Å²) in [4.78, 5) is 0. The van der Waals surface area contributed by atoms with Crippen LogP contribution in [0.25, 0.3) is 0 Å². The van der Waals surface area contributed by atoms with Gasteiger partial charge in [0.1, 0.15) is 11.5 Å². The van der Waals surface area contributed by atoms with E-state index in [9.17, 15) is 0 Å². The standard InChI is InChI=1S/C16H25NO3/c1-18-15-6-7-16(19-2)14(10-15)11-17-8-3-9-20-12-13-4-5-13/h6-7,10,13,17H,3-5,8-9,11-12H2,1-2H3. The minimum atomic E-state index is 0.781. The molecule has 0 spiro atoms. The Labute approximate surface area is 121 Å². The Bertz CT molecular complexity index is 405. The molecule has 0 unspecified atom stereocenters. The van der Waals surface area contributed by atoms with E-state index in [0.29, 0.717) is 0 Å². The number of methoxy groups -OCH3 is 2. The fraction of sp³-hybridized carbons (Fsp3) is 0.625. The molecule has 4 nitrogen and oxygen atoms in total. The quantitative estimate of drug-likeness (QED) is 0.668. The van der Waals surface area contributed by atoms with Crippen LogP contribution in [0.5, 0.6) is 11.5 Å². The highest BCUT2D eigenvalue weighted by Crippen LogP contribution is 2.28. The van der Waals surface area contributed by atoms with Crippen LogP contribution in [0.2, 0.25) is 0 Å². The first-order chi connectivity index (χ1) is 9.83. The molecule has 2 rings (SSSR count). The zero-order valence-corrected chi connectivity index (χ0v) is 12.5. The summed E-state index contributed by atoms with van der Waals surface area (Å²) in [7, 11) is 3.37.